The van der Waals surface area contributed by atoms with Crippen molar-refractivity contribution < 1.29 is 0 Å². The predicted molar refractivity (Wildman–Crippen MR) is 87.6 cm³/mol. The van der Waals surface area contributed by atoms with Gasteiger partial charge in [0.1, 0.15) is 18.0 Å². The zero-order valence-corrected chi connectivity index (χ0v) is 13.7. The molecule has 0 aliphatic carbocycles. The number of anilines is 2. The van der Waals surface area contributed by atoms with E-state index in [1.807, 2.05) is 0 Å². The highest BCUT2D eigenvalue weighted by atomic mass is 15.2. The molecule has 0 radical (unpaired) electrons. The van der Waals surface area contributed by atoms with Crippen LogP contribution >= 0.6 is 0 Å². The van der Waals surface area contributed by atoms with Gasteiger partial charge in [0.2, 0.25) is 0 Å². The van der Waals surface area contributed by atoms with E-state index in [1.165, 1.54) is 18.4 Å². The van der Waals surface area contributed by atoms with E-state index in [9.17, 15) is 0 Å². The molecular weight excluding hydrogens is 248 g/mol. The highest BCUT2D eigenvalue weighted by Gasteiger charge is 2.19. The monoisotopic (exact) mass is 278 g/mol. The molecule has 1 aromatic heterocycles. The second-order valence-electron chi connectivity index (χ2n) is 5.21. The average molecular weight is 278 g/mol. The molecule has 4 nitrogen and oxygen atoms in total. The lowest BCUT2D eigenvalue weighted by Gasteiger charge is -2.31. The van der Waals surface area contributed by atoms with Gasteiger partial charge >= 0.3 is 0 Å². The molecule has 0 fully saturated rings. The highest BCUT2D eigenvalue weighted by molar-refractivity contribution is 5.59. The summed E-state index contributed by atoms with van der Waals surface area (Å²) in [6, 6.07) is 0.510. The fraction of sp³-hybridized carbons (Fsp3) is 0.750. The second-order valence-corrected chi connectivity index (χ2v) is 5.21. The number of unbranched alkanes of at least 4 members (excludes halogenated alkanes) is 1. The molecule has 0 saturated carbocycles. The summed E-state index contributed by atoms with van der Waals surface area (Å²) >= 11 is 0. The van der Waals surface area contributed by atoms with Gasteiger partial charge in [0, 0.05) is 24.7 Å². The Morgan fingerprint density at radius 2 is 1.95 bits per heavy atom. The number of aromatic nitrogens is 2. The Morgan fingerprint density at radius 3 is 2.50 bits per heavy atom. The first-order valence-corrected chi connectivity index (χ1v) is 8.03. The van der Waals surface area contributed by atoms with Crippen molar-refractivity contribution in [2.24, 2.45) is 0 Å². The van der Waals surface area contributed by atoms with Gasteiger partial charge in [-0.2, -0.15) is 0 Å². The first-order valence-electron chi connectivity index (χ1n) is 8.03. The molecule has 0 aliphatic heterocycles. The van der Waals surface area contributed by atoms with E-state index in [-0.39, 0.29) is 0 Å². The topological polar surface area (TPSA) is 41.1 Å². The third-order valence-electron chi connectivity index (χ3n) is 3.77. The number of rotatable bonds is 9. The number of nitrogens with one attached hydrogen (secondary N) is 1. The molecule has 1 unspecified atom stereocenters. The summed E-state index contributed by atoms with van der Waals surface area (Å²) in [6.07, 6.45) is 6.19. The predicted octanol–water partition coefficient (Wildman–Crippen LogP) is 3.88. The van der Waals surface area contributed by atoms with Crippen LogP contribution in [0, 0.1) is 0 Å². The lowest BCUT2D eigenvalue weighted by Crippen LogP contribution is -2.35. The summed E-state index contributed by atoms with van der Waals surface area (Å²) in [5.74, 6) is 2.10. The van der Waals surface area contributed by atoms with E-state index in [0.29, 0.717) is 6.04 Å². The first kappa shape index (κ1) is 16.7. The fourth-order valence-corrected chi connectivity index (χ4v) is 2.38. The van der Waals surface area contributed by atoms with Crippen LogP contribution in [0.4, 0.5) is 11.6 Å². The second kappa shape index (κ2) is 8.77. The summed E-state index contributed by atoms with van der Waals surface area (Å²) in [7, 11) is 0. The molecule has 20 heavy (non-hydrogen) atoms. The maximum Gasteiger partial charge on any atom is 0.137 e. The van der Waals surface area contributed by atoms with Gasteiger partial charge in [0.15, 0.2) is 0 Å². The number of hydrogen-bond donors (Lipinski definition) is 1. The molecular formula is C16H30N4. The molecule has 1 N–H and O–H groups in total. The number of nitrogens with zero attached hydrogens (tertiary/aromatic N) is 3. The van der Waals surface area contributed by atoms with E-state index in [0.717, 1.165) is 37.6 Å². The summed E-state index contributed by atoms with van der Waals surface area (Å²) < 4.78 is 0. The van der Waals surface area contributed by atoms with Crippen LogP contribution in [0.15, 0.2) is 6.33 Å². The first-order chi connectivity index (χ1) is 9.69. The molecule has 1 heterocycles. The van der Waals surface area contributed by atoms with Crippen LogP contribution in [-0.2, 0) is 6.42 Å². The molecule has 1 atom stereocenters. The van der Waals surface area contributed by atoms with Gasteiger partial charge in [-0.25, -0.2) is 9.97 Å². The van der Waals surface area contributed by atoms with Gasteiger partial charge in [-0.05, 0) is 33.1 Å². The van der Waals surface area contributed by atoms with Crippen LogP contribution in [0.2, 0.25) is 0 Å². The minimum atomic E-state index is 0.510. The molecule has 1 aromatic rings. The molecule has 0 amide bonds. The summed E-state index contributed by atoms with van der Waals surface area (Å²) in [4.78, 5) is 11.4. The van der Waals surface area contributed by atoms with E-state index in [4.69, 9.17) is 0 Å². The molecule has 1 rings (SSSR count). The quantitative estimate of drug-likeness (QED) is 0.744. The van der Waals surface area contributed by atoms with Gasteiger partial charge in [0.25, 0.3) is 0 Å². The Hall–Kier alpha value is -1.32. The van der Waals surface area contributed by atoms with Gasteiger partial charge < -0.3 is 10.2 Å². The van der Waals surface area contributed by atoms with Crippen molar-refractivity contribution in [3.05, 3.63) is 11.9 Å². The molecule has 0 saturated heterocycles. The number of hydrogen-bond acceptors (Lipinski definition) is 4. The van der Waals surface area contributed by atoms with Crippen molar-refractivity contribution in [2.75, 3.05) is 23.3 Å². The SMILES string of the molecule is CCCCN(c1ncnc(NCC)c1CC)C(C)CC. The zero-order valence-electron chi connectivity index (χ0n) is 13.7. The van der Waals surface area contributed by atoms with Gasteiger partial charge in [-0.1, -0.05) is 27.2 Å². The van der Waals surface area contributed by atoms with E-state index >= 15 is 0 Å². The van der Waals surface area contributed by atoms with Crippen molar-refractivity contribution >= 4 is 11.6 Å². The van der Waals surface area contributed by atoms with Crippen molar-refractivity contribution in [1.29, 1.82) is 0 Å². The Labute approximate surface area is 124 Å². The van der Waals surface area contributed by atoms with E-state index < -0.39 is 0 Å². The normalized spacial score (nSPS) is 12.2. The smallest absolute Gasteiger partial charge is 0.137 e. The molecule has 0 aliphatic rings. The van der Waals surface area contributed by atoms with Crippen LogP contribution in [-0.4, -0.2) is 29.1 Å². The lowest BCUT2D eigenvalue weighted by atomic mass is 10.1. The Morgan fingerprint density at radius 1 is 1.20 bits per heavy atom. The van der Waals surface area contributed by atoms with Crippen molar-refractivity contribution in [3.8, 4) is 0 Å². The van der Waals surface area contributed by atoms with Crippen molar-refractivity contribution in [2.45, 2.75) is 66.3 Å². The summed E-state index contributed by atoms with van der Waals surface area (Å²) in [5.41, 5.74) is 1.24. The largest absolute Gasteiger partial charge is 0.370 e. The fourth-order valence-electron chi connectivity index (χ4n) is 2.38. The van der Waals surface area contributed by atoms with Crippen LogP contribution in [0.1, 0.15) is 59.4 Å². The van der Waals surface area contributed by atoms with Gasteiger partial charge in [-0.15, -0.1) is 0 Å². The highest BCUT2D eigenvalue weighted by Crippen LogP contribution is 2.26. The van der Waals surface area contributed by atoms with E-state index in [2.05, 4.69) is 54.8 Å². The third kappa shape index (κ3) is 4.09. The van der Waals surface area contributed by atoms with Crippen LogP contribution < -0.4 is 10.2 Å². The summed E-state index contributed by atoms with van der Waals surface area (Å²) in [6.45, 7) is 13.0. The molecule has 0 aromatic carbocycles. The molecule has 0 spiro atoms. The van der Waals surface area contributed by atoms with Crippen molar-refractivity contribution in [3.63, 3.8) is 0 Å². The van der Waals surface area contributed by atoms with Crippen LogP contribution in [0.5, 0.6) is 0 Å². The van der Waals surface area contributed by atoms with Crippen LogP contribution in [0.25, 0.3) is 0 Å². The third-order valence-corrected chi connectivity index (χ3v) is 3.77. The maximum atomic E-state index is 4.59. The minimum absolute atomic E-state index is 0.510. The molecule has 114 valence electrons. The lowest BCUT2D eigenvalue weighted by molar-refractivity contribution is 0.586. The molecule has 4 heteroatoms. The Kier molecular flexibility index (Phi) is 7.34. The summed E-state index contributed by atoms with van der Waals surface area (Å²) in [5, 5.41) is 3.36. The Bertz CT molecular complexity index is 392. The zero-order chi connectivity index (χ0) is 15.0. The van der Waals surface area contributed by atoms with Crippen molar-refractivity contribution in [1.82, 2.24) is 9.97 Å². The Balaban J connectivity index is 3.13. The van der Waals surface area contributed by atoms with Gasteiger partial charge in [-0.3, -0.25) is 0 Å². The standard InChI is InChI=1S/C16H30N4/c1-6-10-11-20(13(5)7-2)16-14(8-3)15(17-9-4)18-12-19-16/h12-13H,6-11H2,1-5H3,(H,17,18,19). The minimum Gasteiger partial charge on any atom is -0.370 e. The average Bonchev–Trinajstić information content (AvgIpc) is 2.47. The maximum absolute atomic E-state index is 4.59. The van der Waals surface area contributed by atoms with Crippen LogP contribution in [0.3, 0.4) is 0 Å². The van der Waals surface area contributed by atoms with E-state index in [1.54, 1.807) is 6.33 Å². The molecule has 0 bridgehead atoms. The van der Waals surface area contributed by atoms with Gasteiger partial charge in [0.05, 0.1) is 0 Å².